The molecule has 0 spiro atoms. The highest BCUT2D eigenvalue weighted by atomic mass is 19.1. The summed E-state index contributed by atoms with van der Waals surface area (Å²) in [5, 5.41) is 0. The number of pyridine rings is 1. The lowest BCUT2D eigenvalue weighted by Gasteiger charge is -2.10. The van der Waals surface area contributed by atoms with Gasteiger partial charge in [-0.15, -0.1) is 0 Å². The summed E-state index contributed by atoms with van der Waals surface area (Å²) in [7, 11) is 0. The summed E-state index contributed by atoms with van der Waals surface area (Å²) < 4.78 is 13.5. The van der Waals surface area contributed by atoms with Crippen LogP contribution in [0.5, 0.6) is 0 Å². The Kier molecular flexibility index (Phi) is 3.28. The van der Waals surface area contributed by atoms with Gasteiger partial charge < -0.3 is 0 Å². The lowest BCUT2D eigenvalue weighted by atomic mass is 9.93. The first kappa shape index (κ1) is 11.5. The monoisotopic (exact) mass is 229 g/mol. The van der Waals surface area contributed by atoms with Crippen LogP contribution in [0.25, 0.3) is 0 Å². The number of ketones is 1. The van der Waals surface area contributed by atoms with Gasteiger partial charge in [0.15, 0.2) is 5.78 Å². The Labute approximate surface area is 99.1 Å². The number of nitrogens with zero attached hydrogens (tertiary/aromatic N) is 1. The van der Waals surface area contributed by atoms with Crippen LogP contribution in [0, 0.1) is 5.82 Å². The molecule has 0 aliphatic rings. The van der Waals surface area contributed by atoms with Gasteiger partial charge in [0.05, 0.1) is 5.56 Å². The summed E-state index contributed by atoms with van der Waals surface area (Å²) >= 11 is 0. The third kappa shape index (κ3) is 2.38. The van der Waals surface area contributed by atoms with E-state index in [2.05, 4.69) is 4.98 Å². The molecule has 1 aromatic heterocycles. The van der Waals surface area contributed by atoms with Crippen LogP contribution >= 0.6 is 0 Å². The number of hydrogen-bond donors (Lipinski definition) is 0. The molecule has 0 saturated carbocycles. The molecule has 1 heterocycles. The molecule has 17 heavy (non-hydrogen) atoms. The first-order valence-corrected chi connectivity index (χ1v) is 5.39. The van der Waals surface area contributed by atoms with Crippen LogP contribution in [0.3, 0.4) is 0 Å². The van der Waals surface area contributed by atoms with Crippen LogP contribution in [0.2, 0.25) is 0 Å². The molecule has 0 fully saturated rings. The summed E-state index contributed by atoms with van der Waals surface area (Å²) in [6, 6.07) is 9.58. The molecule has 2 aromatic rings. The lowest BCUT2D eigenvalue weighted by molar-refractivity contribution is 0.0962. The molecule has 86 valence electrons. The van der Waals surface area contributed by atoms with E-state index in [-0.39, 0.29) is 17.3 Å². The van der Waals surface area contributed by atoms with Crippen LogP contribution in [0.15, 0.2) is 48.8 Å². The molecule has 0 amide bonds. The second-order valence-corrected chi connectivity index (χ2v) is 3.85. The first-order chi connectivity index (χ1) is 8.20. The van der Waals surface area contributed by atoms with Crippen LogP contribution < -0.4 is 0 Å². The second-order valence-electron chi connectivity index (χ2n) is 3.85. The summed E-state index contributed by atoms with van der Waals surface area (Å²) in [4.78, 5) is 16.0. The molecule has 2 rings (SSSR count). The fourth-order valence-corrected chi connectivity index (χ4v) is 1.70. The summed E-state index contributed by atoms with van der Waals surface area (Å²) in [6.45, 7) is 1.77. The molecule has 0 aliphatic heterocycles. The minimum Gasteiger partial charge on any atom is -0.293 e. The third-order valence-electron chi connectivity index (χ3n) is 2.74. The van der Waals surface area contributed by atoms with Crippen LogP contribution in [-0.2, 0) is 0 Å². The van der Waals surface area contributed by atoms with Gasteiger partial charge in [0.2, 0.25) is 0 Å². The van der Waals surface area contributed by atoms with E-state index >= 15 is 0 Å². The quantitative estimate of drug-likeness (QED) is 0.756. The number of Topliss-reactive ketones (excluding diaryl/α,β-unsaturated/α-hetero) is 1. The van der Waals surface area contributed by atoms with Crippen molar-refractivity contribution in [2.24, 2.45) is 0 Å². The number of aromatic nitrogens is 1. The number of carbonyl (C=O) groups excluding carboxylic acids is 1. The molecular formula is C14H12FNO. The van der Waals surface area contributed by atoms with Crippen molar-refractivity contribution in [2.45, 2.75) is 12.8 Å². The molecule has 1 unspecified atom stereocenters. The molecule has 0 saturated heterocycles. The number of benzene rings is 1. The minimum absolute atomic E-state index is 0.136. The Morgan fingerprint density at radius 2 is 1.82 bits per heavy atom. The van der Waals surface area contributed by atoms with Crippen molar-refractivity contribution in [3.05, 3.63) is 65.7 Å². The van der Waals surface area contributed by atoms with Crippen LogP contribution in [-0.4, -0.2) is 10.8 Å². The molecule has 1 atom stereocenters. The first-order valence-electron chi connectivity index (χ1n) is 5.39. The van der Waals surface area contributed by atoms with E-state index in [0.717, 1.165) is 5.56 Å². The fourth-order valence-electron chi connectivity index (χ4n) is 1.70. The maximum Gasteiger partial charge on any atom is 0.172 e. The van der Waals surface area contributed by atoms with E-state index in [4.69, 9.17) is 0 Å². The van der Waals surface area contributed by atoms with E-state index in [1.54, 1.807) is 43.6 Å². The largest absolute Gasteiger partial charge is 0.293 e. The molecule has 2 nitrogen and oxygen atoms in total. The Bertz CT molecular complexity index is 525. The van der Waals surface area contributed by atoms with Gasteiger partial charge in [-0.1, -0.05) is 19.1 Å². The second kappa shape index (κ2) is 4.87. The van der Waals surface area contributed by atoms with E-state index in [1.807, 2.05) is 0 Å². The Hall–Kier alpha value is -2.03. The summed E-state index contributed by atoms with van der Waals surface area (Å²) in [5.41, 5.74) is 0.977. The van der Waals surface area contributed by atoms with Crippen molar-refractivity contribution >= 4 is 5.78 Å². The Morgan fingerprint density at radius 1 is 1.18 bits per heavy atom. The molecule has 0 aliphatic carbocycles. The number of rotatable bonds is 3. The van der Waals surface area contributed by atoms with Crippen molar-refractivity contribution < 1.29 is 9.18 Å². The van der Waals surface area contributed by atoms with E-state index in [0.29, 0.717) is 0 Å². The van der Waals surface area contributed by atoms with E-state index in [1.165, 1.54) is 12.1 Å². The van der Waals surface area contributed by atoms with Crippen LogP contribution in [0.4, 0.5) is 4.39 Å². The SMILES string of the molecule is CC(C(=O)c1ccccc1F)c1ccncc1. The lowest BCUT2D eigenvalue weighted by Crippen LogP contribution is -2.11. The zero-order chi connectivity index (χ0) is 12.3. The topological polar surface area (TPSA) is 30.0 Å². The molecule has 1 aromatic carbocycles. The normalized spacial score (nSPS) is 12.1. The molecule has 0 bridgehead atoms. The highest BCUT2D eigenvalue weighted by Crippen LogP contribution is 2.21. The van der Waals surface area contributed by atoms with E-state index < -0.39 is 5.82 Å². The fraction of sp³-hybridized carbons (Fsp3) is 0.143. The molecular weight excluding hydrogens is 217 g/mol. The zero-order valence-electron chi connectivity index (χ0n) is 9.43. The minimum atomic E-state index is -0.474. The smallest absolute Gasteiger partial charge is 0.172 e. The highest BCUT2D eigenvalue weighted by Gasteiger charge is 2.19. The maximum atomic E-state index is 13.5. The molecule has 0 radical (unpaired) electrons. The predicted molar refractivity (Wildman–Crippen MR) is 63.4 cm³/mol. The van der Waals surface area contributed by atoms with Gasteiger partial charge in [-0.3, -0.25) is 9.78 Å². The van der Waals surface area contributed by atoms with Gasteiger partial charge >= 0.3 is 0 Å². The standard InChI is InChI=1S/C14H12FNO/c1-10(11-6-8-16-9-7-11)14(17)12-4-2-3-5-13(12)15/h2-10H,1H3. The van der Waals surface area contributed by atoms with Crippen LogP contribution in [0.1, 0.15) is 28.8 Å². The van der Waals surface area contributed by atoms with Gasteiger partial charge in [0.1, 0.15) is 5.82 Å². The average Bonchev–Trinajstić information content (AvgIpc) is 2.39. The zero-order valence-corrected chi connectivity index (χ0v) is 9.43. The predicted octanol–water partition coefficient (Wildman–Crippen LogP) is 3.21. The third-order valence-corrected chi connectivity index (χ3v) is 2.74. The summed E-state index contributed by atoms with van der Waals surface area (Å²) in [5.74, 6) is -1.05. The van der Waals surface area contributed by atoms with E-state index in [9.17, 15) is 9.18 Å². The number of hydrogen-bond acceptors (Lipinski definition) is 2. The molecule has 3 heteroatoms. The van der Waals surface area contributed by atoms with Gasteiger partial charge in [0.25, 0.3) is 0 Å². The van der Waals surface area contributed by atoms with Gasteiger partial charge in [0, 0.05) is 18.3 Å². The van der Waals surface area contributed by atoms with Gasteiger partial charge in [-0.25, -0.2) is 4.39 Å². The Morgan fingerprint density at radius 3 is 2.47 bits per heavy atom. The number of halogens is 1. The number of carbonyl (C=O) groups is 1. The average molecular weight is 229 g/mol. The van der Waals surface area contributed by atoms with Crippen molar-refractivity contribution in [1.29, 1.82) is 0 Å². The van der Waals surface area contributed by atoms with Crippen molar-refractivity contribution in [3.8, 4) is 0 Å². The highest BCUT2D eigenvalue weighted by molar-refractivity contribution is 6.00. The molecule has 0 N–H and O–H groups in total. The van der Waals surface area contributed by atoms with Crippen molar-refractivity contribution in [1.82, 2.24) is 4.98 Å². The van der Waals surface area contributed by atoms with Gasteiger partial charge in [-0.05, 0) is 29.8 Å². The van der Waals surface area contributed by atoms with Gasteiger partial charge in [-0.2, -0.15) is 0 Å². The maximum absolute atomic E-state index is 13.5. The van der Waals surface area contributed by atoms with Crippen molar-refractivity contribution in [3.63, 3.8) is 0 Å². The Balaban J connectivity index is 2.30. The summed E-state index contributed by atoms with van der Waals surface area (Å²) in [6.07, 6.45) is 3.25. The van der Waals surface area contributed by atoms with Crippen molar-refractivity contribution in [2.75, 3.05) is 0 Å².